The standard InChI is InChI=1S/C14H20N2O.ClH/c1-2-6-14-12(5-1)13(10-17-14)16-9-11-4-3-7-15-8-11;/h1-2,5-6,11,13,15-16H,3-4,7-10H2;1H. The summed E-state index contributed by atoms with van der Waals surface area (Å²) >= 11 is 0. The van der Waals surface area contributed by atoms with Gasteiger partial charge in [0.25, 0.3) is 0 Å². The van der Waals surface area contributed by atoms with Gasteiger partial charge in [-0.05, 0) is 44.5 Å². The van der Waals surface area contributed by atoms with Crippen molar-refractivity contribution in [3.05, 3.63) is 29.8 Å². The lowest BCUT2D eigenvalue weighted by Gasteiger charge is -2.24. The van der Waals surface area contributed by atoms with Crippen molar-refractivity contribution in [1.29, 1.82) is 0 Å². The number of benzene rings is 1. The molecule has 2 heterocycles. The summed E-state index contributed by atoms with van der Waals surface area (Å²) in [6, 6.07) is 8.72. The van der Waals surface area contributed by atoms with Crippen LogP contribution >= 0.6 is 12.4 Å². The topological polar surface area (TPSA) is 33.3 Å². The third kappa shape index (κ3) is 2.97. The number of nitrogens with one attached hydrogen (secondary N) is 2. The monoisotopic (exact) mass is 268 g/mol. The summed E-state index contributed by atoms with van der Waals surface area (Å²) in [5, 5.41) is 7.10. The Labute approximate surface area is 115 Å². The van der Waals surface area contributed by atoms with Crippen LogP contribution in [0.1, 0.15) is 24.4 Å². The van der Waals surface area contributed by atoms with Gasteiger partial charge in [-0.25, -0.2) is 0 Å². The van der Waals surface area contributed by atoms with Crippen molar-refractivity contribution in [2.45, 2.75) is 18.9 Å². The molecule has 2 N–H and O–H groups in total. The van der Waals surface area contributed by atoms with Crippen LogP contribution < -0.4 is 15.4 Å². The Balaban J connectivity index is 0.00000120. The highest BCUT2D eigenvalue weighted by Crippen LogP contribution is 2.31. The van der Waals surface area contributed by atoms with Crippen LogP contribution in [0.5, 0.6) is 5.75 Å². The van der Waals surface area contributed by atoms with E-state index in [2.05, 4.69) is 28.8 Å². The molecular formula is C14H21ClN2O. The molecule has 2 atom stereocenters. The van der Waals surface area contributed by atoms with Crippen LogP contribution in [0.2, 0.25) is 0 Å². The van der Waals surface area contributed by atoms with E-state index >= 15 is 0 Å². The molecule has 0 amide bonds. The van der Waals surface area contributed by atoms with Crippen LogP contribution in [-0.2, 0) is 0 Å². The van der Waals surface area contributed by atoms with Gasteiger partial charge in [-0.1, -0.05) is 18.2 Å². The van der Waals surface area contributed by atoms with E-state index in [0.717, 1.165) is 31.4 Å². The van der Waals surface area contributed by atoms with Gasteiger partial charge < -0.3 is 15.4 Å². The van der Waals surface area contributed by atoms with Crippen LogP contribution in [0.4, 0.5) is 0 Å². The zero-order chi connectivity index (χ0) is 11.5. The minimum atomic E-state index is 0. The molecule has 3 nitrogen and oxygen atoms in total. The highest BCUT2D eigenvalue weighted by Gasteiger charge is 2.24. The second-order valence-electron chi connectivity index (χ2n) is 5.02. The van der Waals surface area contributed by atoms with Crippen LogP contribution in [-0.4, -0.2) is 26.2 Å². The molecule has 0 radical (unpaired) electrons. The van der Waals surface area contributed by atoms with Crippen molar-refractivity contribution in [3.8, 4) is 5.75 Å². The molecule has 3 rings (SSSR count). The molecule has 1 saturated heterocycles. The van der Waals surface area contributed by atoms with E-state index in [1.807, 2.05) is 6.07 Å². The van der Waals surface area contributed by atoms with Crippen molar-refractivity contribution in [2.24, 2.45) is 5.92 Å². The van der Waals surface area contributed by atoms with E-state index in [9.17, 15) is 0 Å². The Bertz CT molecular complexity index is 380. The number of para-hydroxylation sites is 1. The van der Waals surface area contributed by atoms with Crippen molar-refractivity contribution < 1.29 is 4.74 Å². The predicted octanol–water partition coefficient (Wildman–Crippen LogP) is 2.13. The first kappa shape index (κ1) is 13.7. The number of ether oxygens (including phenoxy) is 1. The quantitative estimate of drug-likeness (QED) is 0.881. The molecule has 2 aliphatic heterocycles. The van der Waals surface area contributed by atoms with Crippen molar-refractivity contribution in [1.82, 2.24) is 10.6 Å². The van der Waals surface area contributed by atoms with Crippen LogP contribution in [0.25, 0.3) is 0 Å². The van der Waals surface area contributed by atoms with Gasteiger partial charge in [0.1, 0.15) is 12.4 Å². The Kier molecular flexibility index (Phi) is 4.87. The van der Waals surface area contributed by atoms with Crippen LogP contribution in [0.3, 0.4) is 0 Å². The molecule has 1 aromatic rings. The first-order valence-corrected chi connectivity index (χ1v) is 6.59. The highest BCUT2D eigenvalue weighted by atomic mass is 35.5. The molecule has 0 bridgehead atoms. The smallest absolute Gasteiger partial charge is 0.124 e. The molecule has 2 unspecified atom stereocenters. The summed E-state index contributed by atoms with van der Waals surface area (Å²) < 4.78 is 5.67. The van der Waals surface area contributed by atoms with E-state index in [4.69, 9.17) is 4.74 Å². The van der Waals surface area contributed by atoms with Gasteiger partial charge in [0.2, 0.25) is 0 Å². The van der Waals surface area contributed by atoms with E-state index in [0.29, 0.717) is 6.04 Å². The fraction of sp³-hybridized carbons (Fsp3) is 0.571. The second-order valence-corrected chi connectivity index (χ2v) is 5.02. The number of halogens is 1. The lowest BCUT2D eigenvalue weighted by atomic mass is 9.99. The van der Waals surface area contributed by atoms with Gasteiger partial charge in [0.05, 0.1) is 6.04 Å². The zero-order valence-electron chi connectivity index (χ0n) is 10.5. The number of rotatable bonds is 3. The highest BCUT2D eigenvalue weighted by molar-refractivity contribution is 5.85. The first-order chi connectivity index (χ1) is 8.43. The number of piperidine rings is 1. The first-order valence-electron chi connectivity index (χ1n) is 6.59. The van der Waals surface area contributed by atoms with Gasteiger partial charge in [-0.2, -0.15) is 0 Å². The van der Waals surface area contributed by atoms with E-state index < -0.39 is 0 Å². The number of fused-ring (bicyclic) bond motifs is 1. The Morgan fingerprint density at radius 1 is 1.33 bits per heavy atom. The van der Waals surface area contributed by atoms with E-state index in [1.54, 1.807) is 0 Å². The summed E-state index contributed by atoms with van der Waals surface area (Å²) in [5.74, 6) is 1.82. The van der Waals surface area contributed by atoms with Gasteiger partial charge in [0.15, 0.2) is 0 Å². The molecule has 1 fully saturated rings. The lowest BCUT2D eigenvalue weighted by molar-refractivity contribution is 0.290. The van der Waals surface area contributed by atoms with Crippen LogP contribution in [0, 0.1) is 5.92 Å². The summed E-state index contributed by atoms with van der Waals surface area (Å²) in [4.78, 5) is 0. The minimum Gasteiger partial charge on any atom is -0.491 e. The van der Waals surface area contributed by atoms with Gasteiger partial charge in [-0.15, -0.1) is 12.4 Å². The summed E-state index contributed by atoms with van der Waals surface area (Å²) in [5.41, 5.74) is 1.32. The molecule has 1 aromatic carbocycles. The second kappa shape index (κ2) is 6.41. The maximum atomic E-state index is 5.67. The Morgan fingerprint density at radius 3 is 3.06 bits per heavy atom. The maximum absolute atomic E-state index is 5.67. The van der Waals surface area contributed by atoms with Gasteiger partial charge in [-0.3, -0.25) is 0 Å². The third-order valence-corrected chi connectivity index (χ3v) is 3.75. The number of hydrogen-bond donors (Lipinski definition) is 2. The molecule has 18 heavy (non-hydrogen) atoms. The fourth-order valence-corrected chi connectivity index (χ4v) is 2.74. The lowest BCUT2D eigenvalue weighted by Crippen LogP contribution is -2.37. The predicted molar refractivity (Wildman–Crippen MR) is 75.5 cm³/mol. The van der Waals surface area contributed by atoms with Crippen molar-refractivity contribution in [3.63, 3.8) is 0 Å². The molecule has 0 spiro atoms. The van der Waals surface area contributed by atoms with Crippen molar-refractivity contribution in [2.75, 3.05) is 26.2 Å². The molecule has 2 aliphatic rings. The van der Waals surface area contributed by atoms with Crippen molar-refractivity contribution >= 4 is 12.4 Å². The third-order valence-electron chi connectivity index (χ3n) is 3.75. The largest absolute Gasteiger partial charge is 0.491 e. The molecule has 0 aromatic heterocycles. The molecule has 100 valence electrons. The normalized spacial score (nSPS) is 26.0. The Morgan fingerprint density at radius 2 is 2.22 bits per heavy atom. The molecule has 4 heteroatoms. The summed E-state index contributed by atoms with van der Waals surface area (Å²) in [7, 11) is 0. The number of hydrogen-bond acceptors (Lipinski definition) is 3. The summed E-state index contributed by atoms with van der Waals surface area (Å²) in [6.07, 6.45) is 2.65. The van der Waals surface area contributed by atoms with E-state index in [1.165, 1.54) is 24.9 Å². The fourth-order valence-electron chi connectivity index (χ4n) is 2.74. The molecule has 0 aliphatic carbocycles. The van der Waals surface area contributed by atoms with Gasteiger partial charge in [0, 0.05) is 5.56 Å². The van der Waals surface area contributed by atoms with Crippen LogP contribution in [0.15, 0.2) is 24.3 Å². The Hall–Kier alpha value is -0.770. The summed E-state index contributed by atoms with van der Waals surface area (Å²) in [6.45, 7) is 4.21. The maximum Gasteiger partial charge on any atom is 0.124 e. The average Bonchev–Trinajstić information content (AvgIpc) is 2.81. The average molecular weight is 269 g/mol. The minimum absolute atomic E-state index is 0. The zero-order valence-corrected chi connectivity index (χ0v) is 11.3. The molecular weight excluding hydrogens is 248 g/mol. The SMILES string of the molecule is Cl.c1ccc2c(c1)OCC2NCC1CCCNC1. The molecule has 0 saturated carbocycles. The van der Waals surface area contributed by atoms with E-state index in [-0.39, 0.29) is 12.4 Å². The van der Waals surface area contributed by atoms with Gasteiger partial charge >= 0.3 is 0 Å².